The first-order chi connectivity index (χ1) is 35.3. The van der Waals surface area contributed by atoms with Crippen LogP contribution < -0.4 is 10.6 Å². The summed E-state index contributed by atoms with van der Waals surface area (Å²) in [5.74, 6) is -4.57. The Kier molecular flexibility index (Phi) is 30.4. The summed E-state index contributed by atoms with van der Waals surface area (Å²) >= 11 is 0. The first-order valence-electron chi connectivity index (χ1n) is 26.6. The highest BCUT2D eigenvalue weighted by atomic mass is 32.2. The molecule has 0 aromatic heterocycles. The van der Waals surface area contributed by atoms with Gasteiger partial charge in [-0.2, -0.15) is 8.42 Å². The molecule has 0 unspecified atom stereocenters. The highest BCUT2D eigenvalue weighted by Crippen LogP contribution is 2.23. The van der Waals surface area contributed by atoms with Gasteiger partial charge in [0.1, 0.15) is 23.8 Å². The van der Waals surface area contributed by atoms with Gasteiger partial charge < -0.3 is 34.7 Å². The van der Waals surface area contributed by atoms with E-state index in [9.17, 15) is 42.3 Å². The number of benzene rings is 2. The van der Waals surface area contributed by atoms with Crippen molar-refractivity contribution in [2.45, 2.75) is 136 Å². The van der Waals surface area contributed by atoms with E-state index in [0.717, 1.165) is 18.1 Å². The molecule has 1 aliphatic heterocycles. The first-order valence-corrected chi connectivity index (χ1v) is 28.2. The van der Waals surface area contributed by atoms with E-state index in [1.807, 2.05) is 93.3 Å². The maximum atomic E-state index is 14.5. The normalized spacial score (nSPS) is 15.7. The monoisotopic (exact) mass is 1060 g/mol. The van der Waals surface area contributed by atoms with E-state index in [0.29, 0.717) is 104 Å². The predicted molar refractivity (Wildman–Crippen MR) is 283 cm³/mol. The Hall–Kier alpha value is -4.27. The minimum absolute atomic E-state index is 0.000964. The maximum Gasteiger partial charge on any atom is 0.267 e. The second kappa shape index (κ2) is 35.1. The summed E-state index contributed by atoms with van der Waals surface area (Å²) < 4.78 is 52.2. The number of morpholine rings is 1. The number of aliphatic hydroxyl groups is 1. The molecule has 1 saturated heterocycles. The van der Waals surface area contributed by atoms with Crippen molar-refractivity contribution >= 4 is 45.1 Å². The number of carbonyl (C=O) groups is 6. The third kappa shape index (κ3) is 27.0. The van der Waals surface area contributed by atoms with Crippen LogP contribution in [-0.4, -0.2) is 156 Å². The van der Waals surface area contributed by atoms with Gasteiger partial charge >= 0.3 is 0 Å². The van der Waals surface area contributed by atoms with Gasteiger partial charge in [0.05, 0.1) is 64.0 Å². The number of nitrogens with one attached hydrogen (secondary N) is 2. The van der Waals surface area contributed by atoms with Gasteiger partial charge in [-0.25, -0.2) is 0 Å². The summed E-state index contributed by atoms with van der Waals surface area (Å²) in [6, 6.07) is 16.5. The van der Waals surface area contributed by atoms with E-state index in [4.69, 9.17) is 23.1 Å². The molecule has 1 heterocycles. The van der Waals surface area contributed by atoms with Gasteiger partial charge in [-0.15, -0.1) is 0 Å². The number of rotatable bonds is 41. The molecule has 0 bridgehead atoms. The molecule has 0 saturated carbocycles. The van der Waals surface area contributed by atoms with E-state index < -0.39 is 63.8 Å². The van der Waals surface area contributed by atoms with Crippen molar-refractivity contribution in [3.63, 3.8) is 0 Å². The zero-order chi connectivity index (χ0) is 54.4. The van der Waals surface area contributed by atoms with E-state index in [1.54, 1.807) is 7.11 Å². The van der Waals surface area contributed by atoms with Gasteiger partial charge in [0.25, 0.3) is 10.1 Å². The minimum atomic E-state index is -4.18. The molecule has 0 radical (unpaired) electrons. The molecular formula is C56H87N3O14S. The van der Waals surface area contributed by atoms with Crippen LogP contribution in [0.1, 0.15) is 116 Å². The highest BCUT2D eigenvalue weighted by Gasteiger charge is 2.40. The standard InChI is InChI=1S/C56H87N3O14S/c1-42(2)35-50(57-54(64)46(24-23-44-17-10-7-11-18-44)38-49(61)40-59-25-28-71-29-26-59)52(62)39-47(37-45-19-12-8-13-20-45)55(65)58-51(36-43(3)4)53(63)56(5,66)41-73-74(67,68)34-15-9-14-21-48(60)22-16-27-70-32-33-72-31-30-69-6/h7-8,10-13,17-20,42-43,46-47,50-51,66H,9,14-16,21-41H2,1-6H3,(H,57,64)(H,58,65)/t46-,47-,50+,51+,56-/m1/s1. The molecule has 18 heteroatoms. The molecule has 74 heavy (non-hydrogen) atoms. The first kappa shape index (κ1) is 64.0. The van der Waals surface area contributed by atoms with Crippen LogP contribution in [0.3, 0.4) is 0 Å². The second-order valence-corrected chi connectivity index (χ2v) is 22.4. The molecule has 2 aromatic carbocycles. The smallest absolute Gasteiger partial charge is 0.267 e. The summed E-state index contributed by atoms with van der Waals surface area (Å²) in [4.78, 5) is 85.1. The lowest BCUT2D eigenvalue weighted by atomic mass is 9.86. The molecule has 1 aliphatic rings. The summed E-state index contributed by atoms with van der Waals surface area (Å²) in [6.07, 6.45) is 3.51. The van der Waals surface area contributed by atoms with Crippen molar-refractivity contribution < 1.29 is 65.4 Å². The van der Waals surface area contributed by atoms with Crippen molar-refractivity contribution in [3.05, 3.63) is 71.8 Å². The number of ketones is 4. The number of unbranched alkanes of at least 4 members (excludes halogenated alkanes) is 2. The number of hydrogen-bond donors (Lipinski definition) is 3. The Labute approximate surface area is 441 Å². The summed E-state index contributed by atoms with van der Waals surface area (Å²) in [5.41, 5.74) is -0.556. The Bertz CT molecular complexity index is 2080. The molecule has 3 N–H and O–H groups in total. The molecule has 0 aliphatic carbocycles. The summed E-state index contributed by atoms with van der Waals surface area (Å²) in [5, 5.41) is 17.2. The number of carbonyl (C=O) groups excluding carboxylic acids is 6. The van der Waals surface area contributed by atoms with Gasteiger partial charge in [0, 0.05) is 64.3 Å². The fraction of sp³-hybridized carbons (Fsp3) is 0.679. The van der Waals surface area contributed by atoms with Crippen LogP contribution in [0.2, 0.25) is 0 Å². The van der Waals surface area contributed by atoms with Gasteiger partial charge in [-0.1, -0.05) is 94.8 Å². The quantitative estimate of drug-likeness (QED) is 0.0539. The van der Waals surface area contributed by atoms with E-state index in [1.165, 1.54) is 0 Å². The molecule has 1 fully saturated rings. The van der Waals surface area contributed by atoms with Crippen molar-refractivity contribution in [2.24, 2.45) is 23.7 Å². The SMILES string of the molecule is COCCOCCOCCCC(=O)CCCCCS(=O)(=O)OC[C@@](C)(O)C(=O)[C@H](CC(C)C)NC(=O)[C@@H](CC(=O)[C@H](CC(C)C)NC(=O)[C@H](CCc1ccccc1)CC(=O)CN1CCOCC1)Cc1ccccc1. The second-order valence-electron chi connectivity index (χ2n) is 20.6. The number of aryl methyl sites for hydroxylation is 1. The largest absolute Gasteiger partial charge is 0.382 e. The lowest BCUT2D eigenvalue weighted by Gasteiger charge is -2.30. The Morgan fingerprint density at radius 2 is 1.27 bits per heavy atom. The number of hydrogen-bond acceptors (Lipinski definition) is 15. The van der Waals surface area contributed by atoms with Crippen molar-refractivity contribution in [1.82, 2.24) is 15.5 Å². The van der Waals surface area contributed by atoms with E-state index in [2.05, 4.69) is 10.6 Å². The zero-order valence-corrected chi connectivity index (χ0v) is 45.8. The minimum Gasteiger partial charge on any atom is -0.382 e. The molecule has 0 spiro atoms. The fourth-order valence-corrected chi connectivity index (χ4v) is 9.76. The van der Waals surface area contributed by atoms with Crippen LogP contribution in [-0.2, 0) is 74.9 Å². The van der Waals surface area contributed by atoms with Crippen LogP contribution in [0.25, 0.3) is 0 Å². The maximum absolute atomic E-state index is 14.5. The van der Waals surface area contributed by atoms with Gasteiger partial charge in [0.2, 0.25) is 11.8 Å². The molecule has 2 aromatic rings. The van der Waals surface area contributed by atoms with E-state index in [-0.39, 0.29) is 80.0 Å². The molecule has 2 amide bonds. The van der Waals surface area contributed by atoms with Crippen molar-refractivity contribution in [3.8, 4) is 0 Å². The predicted octanol–water partition coefficient (Wildman–Crippen LogP) is 5.66. The van der Waals surface area contributed by atoms with Crippen molar-refractivity contribution in [1.29, 1.82) is 0 Å². The number of Topliss-reactive ketones (excluding diaryl/α,β-unsaturated/α-hetero) is 4. The molecule has 3 rings (SSSR count). The van der Waals surface area contributed by atoms with Gasteiger partial charge in [0.15, 0.2) is 11.6 Å². The topological polar surface area (TPSA) is 230 Å². The average Bonchev–Trinajstić information content (AvgIpc) is 3.36. The number of methoxy groups -OCH3 is 1. The average molecular weight is 1060 g/mol. The van der Waals surface area contributed by atoms with Crippen LogP contribution in [0.4, 0.5) is 0 Å². The molecule has 5 atom stereocenters. The van der Waals surface area contributed by atoms with Crippen molar-refractivity contribution in [2.75, 3.05) is 85.4 Å². The molecule has 17 nitrogen and oxygen atoms in total. The Balaban J connectivity index is 1.66. The van der Waals surface area contributed by atoms with Gasteiger partial charge in [-0.05, 0) is 81.3 Å². The Morgan fingerprint density at radius 1 is 0.703 bits per heavy atom. The summed E-state index contributed by atoms with van der Waals surface area (Å²) in [7, 11) is -2.58. The lowest BCUT2D eigenvalue weighted by molar-refractivity contribution is -0.143. The zero-order valence-electron chi connectivity index (χ0n) is 45.0. The van der Waals surface area contributed by atoms with Gasteiger partial charge in [-0.3, -0.25) is 37.9 Å². The van der Waals surface area contributed by atoms with Crippen LogP contribution in [0.5, 0.6) is 0 Å². The molecular weight excluding hydrogens is 971 g/mol. The number of amides is 2. The fourth-order valence-electron chi connectivity index (χ4n) is 8.67. The number of nitrogens with zero attached hydrogens (tertiary/aromatic N) is 1. The van der Waals surface area contributed by atoms with Crippen LogP contribution >= 0.6 is 0 Å². The van der Waals surface area contributed by atoms with Crippen LogP contribution in [0, 0.1) is 23.7 Å². The molecule has 416 valence electrons. The van der Waals surface area contributed by atoms with Crippen LogP contribution in [0.15, 0.2) is 60.7 Å². The third-order valence-corrected chi connectivity index (χ3v) is 14.1. The van der Waals surface area contributed by atoms with E-state index >= 15 is 0 Å². The number of ether oxygens (including phenoxy) is 4. The highest BCUT2D eigenvalue weighted by molar-refractivity contribution is 7.86. The Morgan fingerprint density at radius 3 is 1.91 bits per heavy atom. The lowest BCUT2D eigenvalue weighted by Crippen LogP contribution is -2.54. The third-order valence-electron chi connectivity index (χ3n) is 12.8. The summed E-state index contributed by atoms with van der Waals surface area (Å²) in [6.45, 7) is 12.6.